The third kappa shape index (κ3) is 4.71. The number of halogens is 1. The maximum Gasteiger partial charge on any atom is 0.0624 e. The van der Waals surface area contributed by atoms with Gasteiger partial charge in [0.25, 0.3) is 0 Å². The van der Waals surface area contributed by atoms with Crippen LogP contribution in [0.1, 0.15) is 59.2 Å². The van der Waals surface area contributed by atoms with E-state index in [9.17, 15) is 0 Å². The van der Waals surface area contributed by atoms with Crippen LogP contribution in [0.25, 0.3) is 0 Å². The maximum absolute atomic E-state index is 6.35. The van der Waals surface area contributed by atoms with Crippen LogP contribution in [0, 0.1) is 5.41 Å². The van der Waals surface area contributed by atoms with E-state index in [2.05, 4.69) is 52.0 Å². The van der Waals surface area contributed by atoms with Crippen LogP contribution in [-0.2, 0) is 6.42 Å². The van der Waals surface area contributed by atoms with Crippen molar-refractivity contribution < 1.29 is 0 Å². The summed E-state index contributed by atoms with van der Waals surface area (Å²) in [5.74, 6) is 0. The van der Waals surface area contributed by atoms with Gasteiger partial charge in [-0.3, -0.25) is 4.68 Å². The first kappa shape index (κ1) is 14.6. The Labute approximate surface area is 110 Å². The van der Waals surface area contributed by atoms with Gasteiger partial charge in [0.2, 0.25) is 0 Å². The lowest BCUT2D eigenvalue weighted by Gasteiger charge is -2.24. The molecule has 0 aliphatic rings. The van der Waals surface area contributed by atoms with E-state index in [1.54, 1.807) is 0 Å². The van der Waals surface area contributed by atoms with Gasteiger partial charge in [-0.1, -0.05) is 20.8 Å². The summed E-state index contributed by atoms with van der Waals surface area (Å²) in [6.07, 6.45) is 5.25. The predicted octanol–water partition coefficient (Wildman–Crippen LogP) is 4.44. The van der Waals surface area contributed by atoms with E-state index in [0.29, 0.717) is 6.04 Å². The number of hydrogen-bond acceptors (Lipinski definition) is 1. The van der Waals surface area contributed by atoms with E-state index in [0.717, 1.165) is 19.3 Å². The smallest absolute Gasteiger partial charge is 0.0624 e. The largest absolute Gasteiger partial charge is 0.270 e. The van der Waals surface area contributed by atoms with Crippen LogP contribution in [0.3, 0.4) is 0 Å². The Morgan fingerprint density at radius 1 is 1.35 bits per heavy atom. The van der Waals surface area contributed by atoms with Crippen molar-refractivity contribution in [3.8, 4) is 0 Å². The van der Waals surface area contributed by atoms with Gasteiger partial charge in [-0.25, -0.2) is 0 Å². The van der Waals surface area contributed by atoms with Crippen LogP contribution >= 0.6 is 11.6 Å². The molecule has 0 saturated heterocycles. The normalized spacial score (nSPS) is 14.3. The summed E-state index contributed by atoms with van der Waals surface area (Å²) < 4.78 is 2.01. The first-order valence-corrected chi connectivity index (χ1v) is 6.92. The van der Waals surface area contributed by atoms with Gasteiger partial charge in [-0.2, -0.15) is 5.10 Å². The summed E-state index contributed by atoms with van der Waals surface area (Å²) in [6, 6.07) is 2.56. The quantitative estimate of drug-likeness (QED) is 0.712. The van der Waals surface area contributed by atoms with Gasteiger partial charge >= 0.3 is 0 Å². The van der Waals surface area contributed by atoms with E-state index in [4.69, 9.17) is 11.6 Å². The van der Waals surface area contributed by atoms with Gasteiger partial charge in [0, 0.05) is 17.6 Å². The van der Waals surface area contributed by atoms with Gasteiger partial charge in [0.1, 0.15) is 0 Å². The molecule has 0 fully saturated rings. The molecule has 98 valence electrons. The summed E-state index contributed by atoms with van der Waals surface area (Å²) in [4.78, 5) is 0. The van der Waals surface area contributed by atoms with Crippen LogP contribution < -0.4 is 0 Å². The molecule has 0 aliphatic heterocycles. The molecule has 0 amide bonds. The summed E-state index contributed by atoms with van der Waals surface area (Å²) in [7, 11) is 0. The summed E-state index contributed by atoms with van der Waals surface area (Å²) in [5, 5.41) is 4.79. The zero-order valence-corrected chi connectivity index (χ0v) is 12.5. The lowest BCUT2D eigenvalue weighted by molar-refractivity contribution is 0.368. The SMILES string of the molecule is CC(C)n1ccc(CCCC(Cl)C(C)(C)C)n1. The number of rotatable bonds is 5. The minimum Gasteiger partial charge on any atom is -0.270 e. The molecule has 0 spiro atoms. The van der Waals surface area contributed by atoms with Crippen molar-refractivity contribution in [3.05, 3.63) is 18.0 Å². The van der Waals surface area contributed by atoms with E-state index in [-0.39, 0.29) is 10.8 Å². The molecule has 1 aromatic rings. The molecule has 1 heterocycles. The monoisotopic (exact) mass is 256 g/mol. The van der Waals surface area contributed by atoms with E-state index in [1.165, 1.54) is 5.69 Å². The second-order valence-electron chi connectivity index (χ2n) is 6.11. The zero-order chi connectivity index (χ0) is 13.1. The maximum atomic E-state index is 6.35. The fraction of sp³-hybridized carbons (Fsp3) is 0.786. The molecule has 1 rings (SSSR count). The number of aryl methyl sites for hydroxylation is 1. The van der Waals surface area contributed by atoms with Crippen LogP contribution in [0.2, 0.25) is 0 Å². The average molecular weight is 257 g/mol. The highest BCUT2D eigenvalue weighted by Gasteiger charge is 2.21. The molecule has 3 heteroatoms. The van der Waals surface area contributed by atoms with Crippen molar-refractivity contribution in [2.75, 3.05) is 0 Å². The van der Waals surface area contributed by atoms with Crippen LogP contribution in [0.15, 0.2) is 12.3 Å². The van der Waals surface area contributed by atoms with Crippen LogP contribution in [0.4, 0.5) is 0 Å². The molecule has 0 aromatic carbocycles. The molecule has 0 N–H and O–H groups in total. The first-order chi connectivity index (χ1) is 7.80. The van der Waals surface area contributed by atoms with Crippen molar-refractivity contribution in [2.24, 2.45) is 5.41 Å². The van der Waals surface area contributed by atoms with Crippen molar-refractivity contribution in [2.45, 2.75) is 65.3 Å². The topological polar surface area (TPSA) is 17.8 Å². The molecule has 1 atom stereocenters. The minimum absolute atomic E-state index is 0.193. The van der Waals surface area contributed by atoms with Gasteiger partial charge < -0.3 is 0 Å². The Morgan fingerprint density at radius 3 is 2.47 bits per heavy atom. The second-order valence-corrected chi connectivity index (χ2v) is 6.63. The molecule has 17 heavy (non-hydrogen) atoms. The molecule has 0 bridgehead atoms. The summed E-state index contributed by atoms with van der Waals surface area (Å²) in [5.41, 5.74) is 1.37. The molecular weight excluding hydrogens is 232 g/mol. The Kier molecular flexibility index (Phi) is 5.05. The summed E-state index contributed by atoms with van der Waals surface area (Å²) >= 11 is 6.35. The highest BCUT2D eigenvalue weighted by molar-refractivity contribution is 6.21. The molecule has 2 nitrogen and oxygen atoms in total. The second kappa shape index (κ2) is 5.90. The molecule has 0 aliphatic carbocycles. The van der Waals surface area contributed by atoms with Gasteiger partial charge in [-0.05, 0) is 44.6 Å². The fourth-order valence-corrected chi connectivity index (χ4v) is 1.85. The Balaban J connectivity index is 2.36. The van der Waals surface area contributed by atoms with E-state index >= 15 is 0 Å². The number of nitrogens with zero attached hydrogens (tertiary/aromatic N) is 2. The van der Waals surface area contributed by atoms with E-state index in [1.807, 2.05) is 4.68 Å². The van der Waals surface area contributed by atoms with E-state index < -0.39 is 0 Å². The Morgan fingerprint density at radius 2 is 2.00 bits per heavy atom. The predicted molar refractivity (Wildman–Crippen MR) is 74.6 cm³/mol. The van der Waals surface area contributed by atoms with Crippen molar-refractivity contribution in [3.63, 3.8) is 0 Å². The molecule has 0 saturated carbocycles. The molecular formula is C14H25ClN2. The number of alkyl halides is 1. The lowest BCUT2D eigenvalue weighted by atomic mass is 9.89. The average Bonchev–Trinajstić information content (AvgIpc) is 2.64. The standard InChI is InChI=1S/C14H25ClN2/c1-11(2)17-10-9-12(16-17)7-6-8-13(15)14(3,4)5/h9-11,13H,6-8H2,1-5H3. The van der Waals surface area contributed by atoms with Crippen molar-refractivity contribution >= 4 is 11.6 Å². The third-order valence-electron chi connectivity index (χ3n) is 3.02. The van der Waals surface area contributed by atoms with Gasteiger partial charge in [0.05, 0.1) is 5.69 Å². The molecule has 1 aromatic heterocycles. The molecule has 1 unspecified atom stereocenters. The highest BCUT2D eigenvalue weighted by Crippen LogP contribution is 2.28. The van der Waals surface area contributed by atoms with Crippen molar-refractivity contribution in [1.82, 2.24) is 9.78 Å². The number of aromatic nitrogens is 2. The fourth-order valence-electron chi connectivity index (χ4n) is 1.69. The zero-order valence-electron chi connectivity index (χ0n) is 11.7. The third-order valence-corrected chi connectivity index (χ3v) is 3.90. The van der Waals surface area contributed by atoms with Crippen LogP contribution in [-0.4, -0.2) is 15.2 Å². The summed E-state index contributed by atoms with van der Waals surface area (Å²) in [6.45, 7) is 10.9. The van der Waals surface area contributed by atoms with Crippen LogP contribution in [0.5, 0.6) is 0 Å². The highest BCUT2D eigenvalue weighted by atomic mass is 35.5. The van der Waals surface area contributed by atoms with Gasteiger partial charge in [0.15, 0.2) is 0 Å². The number of hydrogen-bond donors (Lipinski definition) is 0. The Hall–Kier alpha value is -0.500. The first-order valence-electron chi connectivity index (χ1n) is 6.49. The molecule has 0 radical (unpaired) electrons. The van der Waals surface area contributed by atoms with Gasteiger partial charge in [-0.15, -0.1) is 11.6 Å². The minimum atomic E-state index is 0.193. The van der Waals surface area contributed by atoms with Crippen molar-refractivity contribution in [1.29, 1.82) is 0 Å². The lowest BCUT2D eigenvalue weighted by Crippen LogP contribution is -2.20. The Bertz CT molecular complexity index is 336.